The lowest BCUT2D eigenvalue weighted by Crippen LogP contribution is -2.50. The molecule has 6 heteroatoms. The van der Waals surface area contributed by atoms with Gasteiger partial charge in [-0.15, -0.1) is 0 Å². The summed E-state index contributed by atoms with van der Waals surface area (Å²) in [5.41, 5.74) is 1.43. The fourth-order valence-electron chi connectivity index (χ4n) is 3.93. The van der Waals surface area contributed by atoms with Gasteiger partial charge in [-0.1, -0.05) is 27.7 Å². The molecule has 1 aliphatic heterocycles. The molecule has 0 spiro atoms. The molecule has 0 radical (unpaired) electrons. The van der Waals surface area contributed by atoms with E-state index >= 15 is 0 Å². The monoisotopic (exact) mass is 301 g/mol. The number of hydrogen-bond donors (Lipinski definition) is 0. The fraction of sp³-hybridized carbons (Fsp3) is 0.625. The van der Waals surface area contributed by atoms with Gasteiger partial charge in [0.1, 0.15) is 0 Å². The summed E-state index contributed by atoms with van der Waals surface area (Å²) in [6.45, 7) is 8.75. The molecule has 2 aromatic heterocycles. The van der Waals surface area contributed by atoms with Crippen molar-refractivity contribution in [3.8, 4) is 0 Å². The molecule has 1 aliphatic rings. The zero-order chi connectivity index (χ0) is 15.8. The second kappa shape index (κ2) is 5.67. The summed E-state index contributed by atoms with van der Waals surface area (Å²) in [6.07, 6.45) is 11.0. The quantitative estimate of drug-likeness (QED) is 0.797. The summed E-state index contributed by atoms with van der Waals surface area (Å²) in [7, 11) is -0.374. The number of rotatable bonds is 5. The van der Waals surface area contributed by atoms with Gasteiger partial charge in [0.05, 0.1) is 22.9 Å². The van der Waals surface area contributed by atoms with Gasteiger partial charge in [-0.2, -0.15) is 5.10 Å². The molecule has 0 atom stereocenters. The number of nitrogens with zero attached hydrogens (tertiary/aromatic N) is 3. The Bertz CT molecular complexity index is 630. The van der Waals surface area contributed by atoms with E-state index in [1.165, 1.54) is 0 Å². The van der Waals surface area contributed by atoms with Crippen molar-refractivity contribution in [1.82, 2.24) is 14.6 Å². The van der Waals surface area contributed by atoms with Crippen LogP contribution in [-0.4, -0.2) is 32.9 Å². The molecular formula is C16H24BN3O2. The van der Waals surface area contributed by atoms with Crippen molar-refractivity contribution in [2.45, 2.75) is 64.6 Å². The van der Waals surface area contributed by atoms with E-state index in [4.69, 9.17) is 9.31 Å². The van der Waals surface area contributed by atoms with E-state index in [0.717, 1.165) is 36.7 Å². The largest absolute Gasteiger partial charge is 0.498 e. The van der Waals surface area contributed by atoms with E-state index in [2.05, 4.69) is 37.8 Å². The lowest BCUT2D eigenvalue weighted by atomic mass is 9.75. The van der Waals surface area contributed by atoms with Crippen LogP contribution in [-0.2, 0) is 9.31 Å². The van der Waals surface area contributed by atoms with Gasteiger partial charge in [0, 0.05) is 24.1 Å². The van der Waals surface area contributed by atoms with Crippen molar-refractivity contribution in [2.75, 3.05) is 0 Å². The first kappa shape index (κ1) is 15.5. The summed E-state index contributed by atoms with van der Waals surface area (Å²) in [4.78, 5) is 4.20. The molecule has 0 aromatic carbocycles. The van der Waals surface area contributed by atoms with Crippen molar-refractivity contribution in [2.24, 2.45) is 0 Å². The Hall–Kier alpha value is -1.40. The minimum absolute atomic E-state index is 0.238. The maximum Gasteiger partial charge on any atom is 0.498 e. The van der Waals surface area contributed by atoms with Crippen LogP contribution >= 0.6 is 0 Å². The Kier molecular flexibility index (Phi) is 3.99. The van der Waals surface area contributed by atoms with E-state index in [0.29, 0.717) is 0 Å². The van der Waals surface area contributed by atoms with Gasteiger partial charge < -0.3 is 9.31 Å². The van der Waals surface area contributed by atoms with Gasteiger partial charge in [0.25, 0.3) is 0 Å². The molecule has 1 saturated heterocycles. The van der Waals surface area contributed by atoms with E-state index in [1.807, 2.05) is 23.1 Å². The Morgan fingerprint density at radius 3 is 2.14 bits per heavy atom. The molecule has 5 nitrogen and oxygen atoms in total. The third-order valence-electron chi connectivity index (χ3n) is 5.39. The van der Waals surface area contributed by atoms with Crippen molar-refractivity contribution in [1.29, 1.82) is 0 Å². The maximum atomic E-state index is 6.49. The van der Waals surface area contributed by atoms with Crippen molar-refractivity contribution in [3.63, 3.8) is 0 Å². The van der Waals surface area contributed by atoms with Crippen LogP contribution in [0.5, 0.6) is 0 Å². The molecule has 0 amide bonds. The SMILES string of the molecule is CCC1(CC)OB(c2cnn3ccncc23)OC1(CC)CC. The normalized spacial score (nSPS) is 19.9. The van der Waals surface area contributed by atoms with Crippen molar-refractivity contribution < 1.29 is 9.31 Å². The van der Waals surface area contributed by atoms with Crippen LogP contribution in [0, 0.1) is 0 Å². The van der Waals surface area contributed by atoms with E-state index < -0.39 is 0 Å². The summed E-state index contributed by atoms with van der Waals surface area (Å²) in [5, 5.41) is 4.38. The van der Waals surface area contributed by atoms with Crippen LogP contribution in [0.2, 0.25) is 0 Å². The third-order valence-corrected chi connectivity index (χ3v) is 5.39. The van der Waals surface area contributed by atoms with Gasteiger partial charge in [0.15, 0.2) is 0 Å². The van der Waals surface area contributed by atoms with Gasteiger partial charge in [-0.3, -0.25) is 4.98 Å². The first-order chi connectivity index (χ1) is 10.6. The summed E-state index contributed by atoms with van der Waals surface area (Å²) < 4.78 is 14.8. The molecule has 22 heavy (non-hydrogen) atoms. The predicted octanol–water partition coefficient (Wildman–Crippen LogP) is 2.59. The van der Waals surface area contributed by atoms with E-state index in [1.54, 1.807) is 6.20 Å². The standard InChI is InChI=1S/C16H24BN3O2/c1-5-15(6-2)16(7-3,8-4)22-17(21-15)13-11-19-20-10-9-18-12-14(13)20/h9-12H,5-8H2,1-4H3. The van der Waals surface area contributed by atoms with Gasteiger partial charge in [-0.05, 0) is 25.7 Å². The van der Waals surface area contributed by atoms with E-state index in [9.17, 15) is 0 Å². The summed E-state index contributed by atoms with van der Waals surface area (Å²) in [6, 6.07) is 0. The molecule has 0 saturated carbocycles. The second-order valence-electron chi connectivity index (χ2n) is 5.98. The Labute approximate surface area is 132 Å². The smallest absolute Gasteiger partial charge is 0.399 e. The highest BCUT2D eigenvalue weighted by molar-refractivity contribution is 6.64. The van der Waals surface area contributed by atoms with Gasteiger partial charge in [0.2, 0.25) is 0 Å². The molecule has 0 N–H and O–H groups in total. The topological polar surface area (TPSA) is 48.7 Å². The number of aromatic nitrogens is 3. The first-order valence-corrected chi connectivity index (χ1v) is 8.28. The lowest BCUT2D eigenvalue weighted by molar-refractivity contribution is -0.0601. The fourth-order valence-corrected chi connectivity index (χ4v) is 3.93. The number of fused-ring (bicyclic) bond motifs is 1. The lowest BCUT2D eigenvalue weighted by Gasteiger charge is -2.42. The predicted molar refractivity (Wildman–Crippen MR) is 87.2 cm³/mol. The van der Waals surface area contributed by atoms with Crippen LogP contribution in [0.4, 0.5) is 0 Å². The van der Waals surface area contributed by atoms with Crippen LogP contribution in [0.25, 0.3) is 5.52 Å². The summed E-state index contributed by atoms with van der Waals surface area (Å²) in [5.74, 6) is 0. The molecule has 1 fully saturated rings. The van der Waals surface area contributed by atoms with Crippen LogP contribution in [0.15, 0.2) is 24.8 Å². The summed E-state index contributed by atoms with van der Waals surface area (Å²) >= 11 is 0. The van der Waals surface area contributed by atoms with Gasteiger partial charge >= 0.3 is 7.12 Å². The molecule has 2 aromatic rings. The highest BCUT2D eigenvalue weighted by Gasteiger charge is 2.59. The zero-order valence-electron chi connectivity index (χ0n) is 13.9. The van der Waals surface area contributed by atoms with Crippen LogP contribution < -0.4 is 5.46 Å². The Morgan fingerprint density at radius 1 is 1.00 bits per heavy atom. The Balaban J connectivity index is 2.04. The van der Waals surface area contributed by atoms with E-state index in [-0.39, 0.29) is 18.3 Å². The van der Waals surface area contributed by atoms with Crippen LogP contribution in [0.1, 0.15) is 53.4 Å². The van der Waals surface area contributed by atoms with Gasteiger partial charge in [-0.25, -0.2) is 4.52 Å². The highest BCUT2D eigenvalue weighted by Crippen LogP contribution is 2.46. The molecule has 0 bridgehead atoms. The highest BCUT2D eigenvalue weighted by atomic mass is 16.7. The minimum Gasteiger partial charge on any atom is -0.399 e. The maximum absolute atomic E-state index is 6.49. The average Bonchev–Trinajstić information content (AvgIpc) is 3.14. The first-order valence-electron chi connectivity index (χ1n) is 8.28. The third kappa shape index (κ3) is 2.01. The minimum atomic E-state index is -0.374. The molecule has 118 valence electrons. The Morgan fingerprint density at radius 2 is 1.59 bits per heavy atom. The molecule has 3 rings (SSSR count). The number of hydrogen-bond acceptors (Lipinski definition) is 4. The van der Waals surface area contributed by atoms with Crippen LogP contribution in [0.3, 0.4) is 0 Å². The molecule has 3 heterocycles. The average molecular weight is 301 g/mol. The van der Waals surface area contributed by atoms with Crippen molar-refractivity contribution in [3.05, 3.63) is 24.8 Å². The molecule has 0 aliphatic carbocycles. The zero-order valence-corrected chi connectivity index (χ0v) is 13.9. The second-order valence-corrected chi connectivity index (χ2v) is 5.98. The molecule has 0 unspecified atom stereocenters. The van der Waals surface area contributed by atoms with Crippen molar-refractivity contribution >= 4 is 18.1 Å². The molecular weight excluding hydrogens is 277 g/mol.